The van der Waals surface area contributed by atoms with Gasteiger partial charge in [-0.2, -0.15) is 0 Å². The maximum absolute atomic E-state index is 12.7. The highest BCUT2D eigenvalue weighted by Crippen LogP contribution is 2.39. The zero-order chi connectivity index (χ0) is 46.0. The van der Waals surface area contributed by atoms with Crippen molar-refractivity contribution < 1.29 is 33.0 Å². The average Bonchev–Trinajstić information content (AvgIpc) is 3.17. The fourth-order valence-electron chi connectivity index (χ4n) is 7.46. The zero-order valence-electron chi connectivity index (χ0n) is 42.0. The minimum absolute atomic E-state index is 0.0312. The average molecular weight is 893 g/mol. The predicted octanol–water partition coefficient (Wildman–Crippen LogP) is 15.4. The maximum Gasteiger partial charge on any atom is 0.509 e. The van der Waals surface area contributed by atoms with E-state index in [1.165, 1.54) is 89.9 Å². The summed E-state index contributed by atoms with van der Waals surface area (Å²) >= 11 is 0. The lowest BCUT2D eigenvalue weighted by Crippen LogP contribution is -2.50. The molecule has 0 amide bonds. The van der Waals surface area contributed by atoms with Crippen LogP contribution in [0.5, 0.6) is 0 Å². The van der Waals surface area contributed by atoms with Crippen LogP contribution in [0.2, 0.25) is 36.3 Å². The van der Waals surface area contributed by atoms with E-state index >= 15 is 0 Å². The van der Waals surface area contributed by atoms with Gasteiger partial charge in [0.05, 0.1) is 12.2 Å². The lowest BCUT2D eigenvalue weighted by atomic mass is 9.98. The Kier molecular flexibility index (Phi) is 28.6. The third-order valence-electron chi connectivity index (χ3n) is 13.5. The topological polar surface area (TPSA) is 94.5 Å². The van der Waals surface area contributed by atoms with Gasteiger partial charge in [-0.05, 0) is 74.1 Å². The summed E-state index contributed by atoms with van der Waals surface area (Å²) in [4.78, 5) is 27.7. The van der Waals surface area contributed by atoms with Gasteiger partial charge in [0.2, 0.25) is 6.10 Å². The van der Waals surface area contributed by atoms with Crippen molar-refractivity contribution in [3.05, 3.63) is 35.9 Å². The second-order valence-electron chi connectivity index (χ2n) is 21.3. The summed E-state index contributed by atoms with van der Waals surface area (Å²) in [6.07, 6.45) is 22.0. The Hall–Kier alpha value is -1.73. The van der Waals surface area contributed by atoms with Crippen molar-refractivity contribution in [2.24, 2.45) is 5.92 Å². The fourth-order valence-corrected chi connectivity index (χ4v) is 10.2. The van der Waals surface area contributed by atoms with Gasteiger partial charge in [-0.15, -0.1) is 0 Å². The molecule has 0 aliphatic carbocycles. The van der Waals surface area contributed by atoms with Crippen LogP contribution in [0.1, 0.15) is 196 Å². The van der Waals surface area contributed by atoms with Crippen molar-refractivity contribution in [1.29, 1.82) is 0 Å². The normalized spacial score (nSPS) is 14.8. The van der Waals surface area contributed by atoms with E-state index in [0.717, 1.165) is 57.3 Å². The Balaban J connectivity index is 3.30. The van der Waals surface area contributed by atoms with Gasteiger partial charge >= 0.3 is 12.1 Å². The highest BCUT2D eigenvalue weighted by atomic mass is 28.4. The number of unbranched alkanes of at least 4 members (excludes halogenated alkanes) is 14. The van der Waals surface area contributed by atoms with Crippen molar-refractivity contribution >= 4 is 28.8 Å². The molecule has 0 saturated heterocycles. The molecule has 356 valence electrons. The first-order valence-corrected chi connectivity index (χ1v) is 30.6. The van der Waals surface area contributed by atoms with Gasteiger partial charge in [0.25, 0.3) is 0 Å². The molecule has 10 heteroatoms. The van der Waals surface area contributed by atoms with Gasteiger partial charge in [0.1, 0.15) is 6.61 Å². The molecule has 0 spiro atoms. The minimum Gasteiger partial charge on any atom is -0.478 e. The summed E-state index contributed by atoms with van der Waals surface area (Å²) in [6, 6.07) is 9.33. The van der Waals surface area contributed by atoms with E-state index in [2.05, 4.69) is 86.5 Å². The number of aliphatic carboxylic acids is 1. The number of carboxylic acid groups (broad SMARTS) is 1. The lowest BCUT2D eigenvalue weighted by molar-refractivity contribution is -0.151. The molecule has 0 saturated carbocycles. The van der Waals surface area contributed by atoms with Crippen LogP contribution in [-0.4, -0.2) is 76.7 Å². The molecule has 0 bridgehead atoms. The third-order valence-corrected chi connectivity index (χ3v) is 22.6. The molecule has 0 heterocycles. The van der Waals surface area contributed by atoms with Gasteiger partial charge in [-0.25, -0.2) is 9.59 Å². The Morgan fingerprint density at radius 1 is 0.623 bits per heavy atom. The van der Waals surface area contributed by atoms with Crippen molar-refractivity contribution in [3.8, 4) is 0 Å². The van der Waals surface area contributed by atoms with Crippen molar-refractivity contribution in [3.63, 3.8) is 0 Å². The summed E-state index contributed by atoms with van der Waals surface area (Å²) in [5.74, 6) is -1.54. The number of rotatable bonds is 35. The van der Waals surface area contributed by atoms with Gasteiger partial charge < -0.3 is 23.4 Å². The molecule has 1 aromatic rings. The largest absolute Gasteiger partial charge is 0.509 e. The van der Waals surface area contributed by atoms with Crippen molar-refractivity contribution in [2.75, 3.05) is 19.6 Å². The number of ether oxygens (including phenoxy) is 2. The summed E-state index contributed by atoms with van der Waals surface area (Å²) in [6.45, 7) is 32.4. The number of carbonyl (C=O) groups excluding carboxylic acids is 1. The van der Waals surface area contributed by atoms with E-state index in [1.54, 1.807) is 0 Å². The number of hydrogen-bond acceptors (Lipinski definition) is 7. The predicted molar refractivity (Wildman–Crippen MR) is 263 cm³/mol. The second-order valence-corrected chi connectivity index (χ2v) is 30.8. The monoisotopic (exact) mass is 892 g/mol. The first-order chi connectivity index (χ1) is 28.6. The molecular formula is C51H97NO7Si2. The number of carboxylic acids is 1. The standard InChI is InChI=1S/C51H97NO7Si2/c1-14-16-18-20-22-24-26-31-37-45(58-60(10,11)50(4,5)6)40-52(41-46(59-61(12,13)51(7,8)9)38-32-27-25-23-21-19-17-15-2)39-33-34-43(3)47(48(53)54)57-49(55)56-42-44-35-29-28-30-36-44/h28-30,35-36,43,45-47H,14-27,31-34,37-42H2,1-13H3,(H,53,54)/t43?,45-,46?,47?/m1/s1. The van der Waals surface area contributed by atoms with Gasteiger partial charge in [-0.1, -0.05) is 195 Å². The second kappa shape index (κ2) is 30.4. The number of hydrogen-bond donors (Lipinski definition) is 1. The van der Waals surface area contributed by atoms with Gasteiger partial charge in [0, 0.05) is 19.0 Å². The third kappa shape index (κ3) is 25.4. The molecule has 0 aliphatic heterocycles. The summed E-state index contributed by atoms with van der Waals surface area (Å²) in [5.41, 5.74) is 0.816. The highest BCUT2D eigenvalue weighted by molar-refractivity contribution is 6.74. The van der Waals surface area contributed by atoms with E-state index in [0.29, 0.717) is 6.42 Å². The molecule has 8 nitrogen and oxygen atoms in total. The zero-order valence-corrected chi connectivity index (χ0v) is 44.0. The summed E-state index contributed by atoms with van der Waals surface area (Å²) in [5, 5.41) is 10.4. The molecule has 3 unspecified atom stereocenters. The van der Waals surface area contributed by atoms with Gasteiger partial charge in [-0.3, -0.25) is 4.90 Å². The number of carbonyl (C=O) groups is 2. The van der Waals surface area contributed by atoms with Crippen LogP contribution in [0.25, 0.3) is 0 Å². The van der Waals surface area contributed by atoms with Crippen LogP contribution in [0, 0.1) is 5.92 Å². The number of benzene rings is 1. The van der Waals surface area contributed by atoms with E-state index < -0.39 is 40.8 Å². The van der Waals surface area contributed by atoms with Crippen LogP contribution in [0.4, 0.5) is 4.79 Å². The van der Waals surface area contributed by atoms with E-state index in [4.69, 9.17) is 18.3 Å². The van der Waals surface area contributed by atoms with E-state index in [-0.39, 0.29) is 28.9 Å². The Morgan fingerprint density at radius 2 is 1.03 bits per heavy atom. The molecule has 4 atom stereocenters. The van der Waals surface area contributed by atoms with E-state index in [9.17, 15) is 14.7 Å². The minimum atomic E-state index is -2.07. The highest BCUT2D eigenvalue weighted by Gasteiger charge is 2.41. The van der Waals surface area contributed by atoms with Crippen LogP contribution in [-0.2, 0) is 29.7 Å². The molecule has 61 heavy (non-hydrogen) atoms. The summed E-state index contributed by atoms with van der Waals surface area (Å²) in [7, 11) is -4.14. The molecule has 0 fully saturated rings. The Bertz CT molecular complexity index is 1230. The van der Waals surface area contributed by atoms with Crippen molar-refractivity contribution in [2.45, 2.75) is 252 Å². The Labute approximate surface area is 378 Å². The van der Waals surface area contributed by atoms with E-state index in [1.807, 2.05) is 37.3 Å². The van der Waals surface area contributed by atoms with Crippen LogP contribution in [0.3, 0.4) is 0 Å². The van der Waals surface area contributed by atoms with Crippen LogP contribution >= 0.6 is 0 Å². The Morgan fingerprint density at radius 3 is 1.43 bits per heavy atom. The molecular weight excluding hydrogens is 795 g/mol. The lowest BCUT2D eigenvalue weighted by Gasteiger charge is -2.43. The molecule has 0 aromatic heterocycles. The van der Waals surface area contributed by atoms with Crippen LogP contribution in [0.15, 0.2) is 30.3 Å². The molecule has 0 radical (unpaired) electrons. The first kappa shape index (κ1) is 57.3. The molecule has 1 rings (SSSR count). The molecule has 1 aromatic carbocycles. The number of nitrogens with zero attached hydrogens (tertiary/aromatic N) is 1. The van der Waals surface area contributed by atoms with Crippen molar-refractivity contribution in [1.82, 2.24) is 4.90 Å². The fraction of sp³-hybridized carbons (Fsp3) is 0.843. The SMILES string of the molecule is CCCCCCCCCCC(CN(CCCC(C)C(OC(=O)OCc1ccccc1)C(=O)O)C[C@@H](CCCCCCCCCC)O[Si](C)(C)C(C)(C)C)O[Si](C)(C)C(C)(C)C. The summed E-state index contributed by atoms with van der Waals surface area (Å²) < 4.78 is 25.3. The first-order valence-electron chi connectivity index (χ1n) is 24.8. The molecule has 1 N–H and O–H groups in total. The molecule has 0 aliphatic rings. The quantitative estimate of drug-likeness (QED) is 0.0409. The van der Waals surface area contributed by atoms with Gasteiger partial charge in [0.15, 0.2) is 16.6 Å². The maximum atomic E-state index is 12.7. The smallest absolute Gasteiger partial charge is 0.478 e. The van der Waals surface area contributed by atoms with Crippen LogP contribution < -0.4 is 0 Å².